The Balaban J connectivity index is 1.50. The van der Waals surface area contributed by atoms with E-state index in [2.05, 4.69) is 0 Å². The highest BCUT2D eigenvalue weighted by molar-refractivity contribution is 7.80. The molecule has 9 heteroatoms. The molecule has 182 valence electrons. The van der Waals surface area contributed by atoms with Crippen molar-refractivity contribution in [3.63, 3.8) is 0 Å². The van der Waals surface area contributed by atoms with Gasteiger partial charge >= 0.3 is 5.97 Å². The molecule has 7 rings (SSSR count). The number of Topliss-reactive ketones (excluding diaryl/α,β-unsaturated/α-hetero) is 1. The molecular formula is C27H20ClNO6S. The highest BCUT2D eigenvalue weighted by Crippen LogP contribution is 2.63. The van der Waals surface area contributed by atoms with Gasteiger partial charge in [0.1, 0.15) is 4.99 Å². The van der Waals surface area contributed by atoms with Gasteiger partial charge in [0.05, 0.1) is 5.56 Å². The van der Waals surface area contributed by atoms with Gasteiger partial charge in [-0.25, -0.2) is 0 Å². The average Bonchev–Trinajstić information content (AvgIpc) is 3.38. The van der Waals surface area contributed by atoms with Gasteiger partial charge in [-0.2, -0.15) is 0 Å². The SMILES string of the molecule is COC12OC(C(=O)c3ccccc31)C1(O2)c2ccccc2C2(OC)OC1C(=S)N2c1ccc(Cl)cc1. The van der Waals surface area contributed by atoms with E-state index in [1.54, 1.807) is 42.3 Å². The molecule has 4 aliphatic rings. The standard InChI is InChI=1S/C27H20ClNO6S/c1-31-26-20-10-6-5-9-19(20)25(23(33-26)24(36)29(26)16-13-11-15(28)12-14-16)22-21(30)17-7-3-4-8-18(17)27(32-2,34-22)35-25/h3-14,22-23H,1-2H3. The Hall–Kier alpha value is -2.69. The first-order valence-corrected chi connectivity index (χ1v) is 12.2. The molecular weight excluding hydrogens is 502 g/mol. The predicted octanol–water partition coefficient (Wildman–Crippen LogP) is 4.61. The number of thiocarbonyl (C=S) groups is 1. The first-order chi connectivity index (χ1) is 17.4. The van der Waals surface area contributed by atoms with Gasteiger partial charge in [-0.1, -0.05) is 72.3 Å². The van der Waals surface area contributed by atoms with Gasteiger partial charge in [0.2, 0.25) is 0 Å². The number of hydrogen-bond acceptors (Lipinski definition) is 7. The average molecular weight is 522 g/mol. The largest absolute Gasteiger partial charge is 0.332 e. The summed E-state index contributed by atoms with van der Waals surface area (Å²) in [5.41, 5.74) is 1.61. The number of halogens is 1. The maximum absolute atomic E-state index is 13.9. The Bertz CT molecular complexity index is 1450. The van der Waals surface area contributed by atoms with E-state index in [9.17, 15) is 4.79 Å². The van der Waals surface area contributed by atoms with Crippen LogP contribution in [0.2, 0.25) is 5.02 Å². The third-order valence-electron chi connectivity index (χ3n) is 7.45. The maximum Gasteiger partial charge on any atom is 0.314 e. The van der Waals surface area contributed by atoms with Crippen LogP contribution in [-0.2, 0) is 41.2 Å². The zero-order valence-electron chi connectivity index (χ0n) is 19.3. The number of carbonyl (C=O) groups excluding carboxylic acids is 1. The fraction of sp³-hybridized carbons (Fsp3) is 0.259. The minimum atomic E-state index is -1.61. The van der Waals surface area contributed by atoms with E-state index in [4.69, 9.17) is 47.5 Å². The Morgan fingerprint density at radius 2 is 1.53 bits per heavy atom. The number of hydrogen-bond donors (Lipinski definition) is 0. The number of ketones is 1. The van der Waals surface area contributed by atoms with Gasteiger partial charge in [-0.05, 0) is 24.3 Å². The molecule has 0 amide bonds. The highest BCUT2D eigenvalue weighted by atomic mass is 35.5. The summed E-state index contributed by atoms with van der Waals surface area (Å²) >= 11 is 12.2. The second-order valence-electron chi connectivity index (χ2n) is 9.04. The molecule has 4 aliphatic heterocycles. The van der Waals surface area contributed by atoms with Crippen molar-refractivity contribution in [2.45, 2.75) is 29.7 Å². The fourth-order valence-electron chi connectivity index (χ4n) is 5.96. The maximum atomic E-state index is 13.9. The van der Waals surface area contributed by atoms with Gasteiger partial charge in [-0.15, -0.1) is 0 Å². The second-order valence-corrected chi connectivity index (χ2v) is 9.90. The zero-order valence-corrected chi connectivity index (χ0v) is 20.8. The molecule has 0 radical (unpaired) electrons. The van der Waals surface area contributed by atoms with Crippen molar-refractivity contribution >= 4 is 40.3 Å². The highest BCUT2D eigenvalue weighted by Gasteiger charge is 2.76. The summed E-state index contributed by atoms with van der Waals surface area (Å²) in [6.07, 6.45) is -1.98. The van der Waals surface area contributed by atoms with Gasteiger partial charge < -0.3 is 23.7 Å². The van der Waals surface area contributed by atoms with Crippen molar-refractivity contribution in [3.8, 4) is 0 Å². The summed E-state index contributed by atoms with van der Waals surface area (Å²) in [6, 6.07) is 21.9. The minimum absolute atomic E-state index is 0.230. The van der Waals surface area contributed by atoms with Crippen molar-refractivity contribution in [1.29, 1.82) is 0 Å². The summed E-state index contributed by atoms with van der Waals surface area (Å²) in [7, 11) is 3.05. The van der Waals surface area contributed by atoms with Crippen LogP contribution in [0.15, 0.2) is 72.8 Å². The van der Waals surface area contributed by atoms with E-state index in [0.29, 0.717) is 32.3 Å². The minimum Gasteiger partial charge on any atom is -0.332 e. The van der Waals surface area contributed by atoms with Crippen LogP contribution in [0.1, 0.15) is 27.0 Å². The number of benzene rings is 3. The van der Waals surface area contributed by atoms with Crippen LogP contribution >= 0.6 is 23.8 Å². The lowest BCUT2D eigenvalue weighted by Gasteiger charge is -2.44. The molecule has 36 heavy (non-hydrogen) atoms. The number of carbonyl (C=O) groups is 1. The summed E-state index contributed by atoms with van der Waals surface area (Å²) in [5.74, 6) is -3.22. The van der Waals surface area contributed by atoms with E-state index in [0.717, 1.165) is 5.69 Å². The third-order valence-corrected chi connectivity index (χ3v) is 8.10. The van der Waals surface area contributed by atoms with E-state index < -0.39 is 29.7 Å². The molecule has 5 atom stereocenters. The number of nitrogens with zero attached hydrogens (tertiary/aromatic N) is 1. The topological polar surface area (TPSA) is 66.5 Å². The summed E-state index contributed by atoms with van der Waals surface area (Å²) < 4.78 is 31.7. The van der Waals surface area contributed by atoms with E-state index in [-0.39, 0.29) is 5.78 Å². The van der Waals surface area contributed by atoms with Crippen molar-refractivity contribution in [2.75, 3.05) is 19.1 Å². The van der Waals surface area contributed by atoms with Gasteiger partial charge in [0.25, 0.3) is 5.91 Å². The van der Waals surface area contributed by atoms with E-state index in [1.165, 1.54) is 7.11 Å². The third kappa shape index (κ3) is 2.50. The Morgan fingerprint density at radius 3 is 2.22 bits per heavy atom. The summed E-state index contributed by atoms with van der Waals surface area (Å²) in [5, 5.41) is 0.586. The molecule has 5 unspecified atom stereocenters. The zero-order chi connectivity index (χ0) is 24.9. The summed E-state index contributed by atoms with van der Waals surface area (Å²) in [6.45, 7) is 0. The predicted molar refractivity (Wildman–Crippen MR) is 134 cm³/mol. The lowest BCUT2D eigenvalue weighted by Crippen LogP contribution is -2.56. The second kappa shape index (κ2) is 7.43. The molecule has 4 heterocycles. The molecule has 1 spiro atoms. The van der Waals surface area contributed by atoms with Crippen LogP contribution in [0.4, 0.5) is 5.69 Å². The Labute approximate surface area is 217 Å². The normalized spacial score (nSPS) is 33.7. The molecule has 3 aromatic carbocycles. The molecule has 2 fully saturated rings. The van der Waals surface area contributed by atoms with E-state index in [1.807, 2.05) is 42.5 Å². The fourth-order valence-corrected chi connectivity index (χ4v) is 6.53. The smallest absolute Gasteiger partial charge is 0.314 e. The molecule has 7 nitrogen and oxygen atoms in total. The Kier molecular flexibility index (Phi) is 4.64. The van der Waals surface area contributed by atoms with Crippen molar-refractivity contribution in [2.24, 2.45) is 0 Å². The number of rotatable bonds is 3. The first kappa shape index (κ1) is 22.5. The first-order valence-electron chi connectivity index (χ1n) is 11.4. The Morgan fingerprint density at radius 1 is 0.861 bits per heavy atom. The van der Waals surface area contributed by atoms with Crippen LogP contribution in [0.5, 0.6) is 0 Å². The van der Waals surface area contributed by atoms with Crippen LogP contribution in [0.25, 0.3) is 0 Å². The summed E-state index contributed by atoms with van der Waals surface area (Å²) in [4.78, 5) is 16.1. The molecule has 4 bridgehead atoms. The van der Waals surface area contributed by atoms with Crippen LogP contribution in [0, 0.1) is 0 Å². The van der Waals surface area contributed by atoms with Crippen LogP contribution in [-0.4, -0.2) is 37.2 Å². The van der Waals surface area contributed by atoms with Crippen molar-refractivity contribution in [1.82, 2.24) is 0 Å². The number of anilines is 1. The molecule has 0 N–H and O–H groups in total. The van der Waals surface area contributed by atoms with Crippen molar-refractivity contribution in [3.05, 3.63) is 100 Å². The molecule has 2 saturated heterocycles. The lowest BCUT2D eigenvalue weighted by atomic mass is 9.76. The number of methoxy groups -OCH3 is 2. The molecule has 3 aromatic rings. The van der Waals surface area contributed by atoms with Gasteiger partial charge in [0, 0.05) is 41.6 Å². The van der Waals surface area contributed by atoms with E-state index >= 15 is 0 Å². The molecule has 0 saturated carbocycles. The van der Waals surface area contributed by atoms with Gasteiger partial charge in [0.15, 0.2) is 23.6 Å². The van der Waals surface area contributed by atoms with Crippen molar-refractivity contribution < 1.29 is 28.5 Å². The lowest BCUT2D eigenvalue weighted by molar-refractivity contribution is -0.364. The van der Waals surface area contributed by atoms with Gasteiger partial charge in [-0.3, -0.25) is 9.69 Å². The number of fused-ring (bicyclic) bond motifs is 11. The molecule has 0 aromatic heterocycles. The molecule has 0 aliphatic carbocycles. The number of ether oxygens (including phenoxy) is 5. The monoisotopic (exact) mass is 521 g/mol. The van der Waals surface area contributed by atoms with Crippen LogP contribution in [0.3, 0.4) is 0 Å². The van der Waals surface area contributed by atoms with Crippen LogP contribution < -0.4 is 4.90 Å². The quantitative estimate of drug-likeness (QED) is 0.463.